The van der Waals surface area contributed by atoms with E-state index in [0.29, 0.717) is 22.8 Å². The molecule has 4 N–H and O–H groups in total. The zero-order valence-corrected chi connectivity index (χ0v) is 9.79. The molecule has 1 rings (SSSR count). The van der Waals surface area contributed by atoms with Crippen LogP contribution in [0.3, 0.4) is 0 Å². The third kappa shape index (κ3) is 3.40. The van der Waals surface area contributed by atoms with Crippen molar-refractivity contribution in [2.75, 3.05) is 18.9 Å². The summed E-state index contributed by atoms with van der Waals surface area (Å²) in [6.45, 7) is 2.32. The summed E-state index contributed by atoms with van der Waals surface area (Å²) in [4.78, 5) is 11.6. The summed E-state index contributed by atoms with van der Waals surface area (Å²) in [5, 5.41) is 11.9. The number of aliphatic hydroxyl groups is 1. The van der Waals surface area contributed by atoms with Crippen molar-refractivity contribution >= 4 is 23.2 Å². The molecule has 0 aliphatic carbocycles. The molecule has 0 saturated heterocycles. The summed E-state index contributed by atoms with van der Waals surface area (Å²) in [6.07, 6.45) is 0. The second-order valence-electron chi connectivity index (χ2n) is 3.73. The lowest BCUT2D eigenvalue weighted by Crippen LogP contribution is -2.29. The van der Waals surface area contributed by atoms with Gasteiger partial charge >= 0.3 is 0 Å². The van der Waals surface area contributed by atoms with E-state index in [1.165, 1.54) is 6.07 Å². The van der Waals surface area contributed by atoms with E-state index in [4.69, 9.17) is 22.4 Å². The summed E-state index contributed by atoms with van der Waals surface area (Å²) in [6, 6.07) is 4.72. The minimum Gasteiger partial charge on any atom is -0.398 e. The highest BCUT2D eigenvalue weighted by Crippen LogP contribution is 2.19. The van der Waals surface area contributed by atoms with E-state index in [0.717, 1.165) is 0 Å². The number of anilines is 1. The number of benzene rings is 1. The van der Waals surface area contributed by atoms with E-state index < -0.39 is 0 Å². The van der Waals surface area contributed by atoms with Crippen molar-refractivity contribution in [3.8, 4) is 0 Å². The maximum absolute atomic E-state index is 11.6. The normalized spacial score (nSPS) is 12.2. The van der Waals surface area contributed by atoms with Crippen molar-refractivity contribution in [1.82, 2.24) is 5.32 Å². The van der Waals surface area contributed by atoms with Crippen molar-refractivity contribution in [3.63, 3.8) is 0 Å². The lowest BCUT2D eigenvalue weighted by molar-refractivity contribution is 0.0942. The summed E-state index contributed by atoms with van der Waals surface area (Å²) < 4.78 is 0. The molecule has 0 aliphatic heterocycles. The largest absolute Gasteiger partial charge is 0.398 e. The average molecular weight is 243 g/mol. The van der Waals surface area contributed by atoms with Crippen LogP contribution in [0.25, 0.3) is 0 Å². The van der Waals surface area contributed by atoms with Gasteiger partial charge in [-0.25, -0.2) is 0 Å². The van der Waals surface area contributed by atoms with E-state index in [1.807, 2.05) is 6.92 Å². The van der Waals surface area contributed by atoms with Crippen molar-refractivity contribution in [2.24, 2.45) is 5.92 Å². The lowest BCUT2D eigenvalue weighted by atomic mass is 10.1. The Labute approximate surface area is 99.4 Å². The van der Waals surface area contributed by atoms with Gasteiger partial charge in [0.1, 0.15) is 0 Å². The second kappa shape index (κ2) is 5.72. The van der Waals surface area contributed by atoms with Gasteiger partial charge in [-0.2, -0.15) is 0 Å². The number of amides is 1. The number of nitrogens with one attached hydrogen (secondary N) is 1. The third-order valence-electron chi connectivity index (χ3n) is 2.19. The Bertz CT molecular complexity index is 382. The number of aliphatic hydroxyl groups excluding tert-OH is 1. The predicted octanol–water partition coefficient (Wildman–Crippen LogP) is 1.28. The SMILES string of the molecule is CC(CO)CNC(=O)c1ccc(N)c(Cl)c1. The predicted molar refractivity (Wildman–Crippen MR) is 64.4 cm³/mol. The molecule has 1 amide bonds. The number of rotatable bonds is 4. The molecule has 0 radical (unpaired) electrons. The Kier molecular flexibility index (Phi) is 4.58. The van der Waals surface area contributed by atoms with Crippen molar-refractivity contribution < 1.29 is 9.90 Å². The standard InChI is InChI=1S/C11H15ClN2O2/c1-7(6-15)5-14-11(16)8-2-3-10(13)9(12)4-8/h2-4,7,15H,5-6,13H2,1H3,(H,14,16). The van der Waals surface area contributed by atoms with Crippen LogP contribution in [0.4, 0.5) is 5.69 Å². The molecule has 0 saturated carbocycles. The second-order valence-corrected chi connectivity index (χ2v) is 4.14. The number of hydrogen-bond donors (Lipinski definition) is 3. The van der Waals surface area contributed by atoms with Crippen LogP contribution in [0, 0.1) is 5.92 Å². The van der Waals surface area contributed by atoms with E-state index in [9.17, 15) is 4.79 Å². The van der Waals surface area contributed by atoms with Gasteiger partial charge in [0.05, 0.1) is 10.7 Å². The summed E-state index contributed by atoms with van der Waals surface area (Å²) in [5.41, 5.74) is 6.44. The molecular formula is C11H15ClN2O2. The van der Waals surface area contributed by atoms with Crippen LogP contribution in [-0.4, -0.2) is 24.2 Å². The highest BCUT2D eigenvalue weighted by Gasteiger charge is 2.08. The number of nitrogens with two attached hydrogens (primary N) is 1. The molecule has 0 bridgehead atoms. The zero-order valence-electron chi connectivity index (χ0n) is 9.03. The highest BCUT2D eigenvalue weighted by atomic mass is 35.5. The summed E-state index contributed by atoms with van der Waals surface area (Å²) >= 11 is 5.80. The third-order valence-corrected chi connectivity index (χ3v) is 2.51. The van der Waals surface area contributed by atoms with Crippen molar-refractivity contribution in [1.29, 1.82) is 0 Å². The maximum atomic E-state index is 11.6. The number of nitrogen functional groups attached to an aromatic ring is 1. The molecular weight excluding hydrogens is 228 g/mol. The van der Waals surface area contributed by atoms with E-state index >= 15 is 0 Å². The first kappa shape index (κ1) is 12.8. The molecule has 1 atom stereocenters. The first-order valence-corrected chi connectivity index (χ1v) is 5.36. The van der Waals surface area contributed by atoms with Gasteiger partial charge in [-0.1, -0.05) is 18.5 Å². The Morgan fingerprint density at radius 1 is 1.62 bits per heavy atom. The number of carbonyl (C=O) groups is 1. The van der Waals surface area contributed by atoms with Crippen LogP contribution in [0.2, 0.25) is 5.02 Å². The first-order valence-electron chi connectivity index (χ1n) is 4.98. The molecule has 4 nitrogen and oxygen atoms in total. The van der Waals surface area contributed by atoms with Crippen molar-refractivity contribution in [2.45, 2.75) is 6.92 Å². The number of hydrogen-bond acceptors (Lipinski definition) is 3. The van der Waals surface area contributed by atoms with Crippen LogP contribution < -0.4 is 11.1 Å². The molecule has 5 heteroatoms. The molecule has 16 heavy (non-hydrogen) atoms. The van der Waals surface area contributed by atoms with Gasteiger partial charge in [-0.3, -0.25) is 4.79 Å². The number of halogens is 1. The topological polar surface area (TPSA) is 75.3 Å². The Hall–Kier alpha value is -1.26. The fourth-order valence-corrected chi connectivity index (χ4v) is 1.28. The van der Waals surface area contributed by atoms with Gasteiger partial charge in [0.2, 0.25) is 0 Å². The molecule has 1 aromatic carbocycles. The van der Waals surface area contributed by atoms with Crippen LogP contribution in [0.15, 0.2) is 18.2 Å². The smallest absolute Gasteiger partial charge is 0.251 e. The van der Waals surface area contributed by atoms with Gasteiger partial charge in [0.15, 0.2) is 0 Å². The van der Waals surface area contributed by atoms with Gasteiger partial charge in [0.25, 0.3) is 5.91 Å². The fourth-order valence-electron chi connectivity index (χ4n) is 1.10. The molecule has 88 valence electrons. The van der Waals surface area contributed by atoms with Gasteiger partial charge in [-0.15, -0.1) is 0 Å². The molecule has 1 aromatic rings. The fraction of sp³-hybridized carbons (Fsp3) is 0.364. The lowest BCUT2D eigenvalue weighted by Gasteiger charge is -2.10. The minimum atomic E-state index is -0.220. The van der Waals surface area contributed by atoms with Crippen molar-refractivity contribution in [3.05, 3.63) is 28.8 Å². The monoisotopic (exact) mass is 242 g/mol. The Morgan fingerprint density at radius 3 is 2.88 bits per heavy atom. The first-order chi connectivity index (χ1) is 7.54. The van der Waals surface area contributed by atoms with Crippen LogP contribution in [0.1, 0.15) is 17.3 Å². The number of carbonyl (C=O) groups excluding carboxylic acids is 1. The maximum Gasteiger partial charge on any atom is 0.251 e. The zero-order chi connectivity index (χ0) is 12.1. The Balaban J connectivity index is 2.63. The quantitative estimate of drug-likeness (QED) is 0.697. The van der Waals surface area contributed by atoms with Crippen LogP contribution >= 0.6 is 11.6 Å². The van der Waals surface area contributed by atoms with E-state index in [2.05, 4.69) is 5.32 Å². The highest BCUT2D eigenvalue weighted by molar-refractivity contribution is 6.33. The molecule has 1 unspecified atom stereocenters. The van der Waals surface area contributed by atoms with E-state index in [1.54, 1.807) is 12.1 Å². The van der Waals surface area contributed by atoms with Crippen LogP contribution in [-0.2, 0) is 0 Å². The molecule has 0 aliphatic rings. The average Bonchev–Trinajstić information content (AvgIpc) is 2.29. The summed E-state index contributed by atoms with van der Waals surface area (Å²) in [7, 11) is 0. The summed E-state index contributed by atoms with van der Waals surface area (Å²) in [5.74, 6) is -0.185. The van der Waals surface area contributed by atoms with E-state index in [-0.39, 0.29) is 18.4 Å². The molecule has 0 aromatic heterocycles. The Morgan fingerprint density at radius 2 is 2.31 bits per heavy atom. The molecule has 0 spiro atoms. The molecule has 0 fully saturated rings. The van der Waals surface area contributed by atoms with Gasteiger partial charge in [-0.05, 0) is 24.1 Å². The van der Waals surface area contributed by atoms with Crippen LogP contribution in [0.5, 0.6) is 0 Å². The van der Waals surface area contributed by atoms with Gasteiger partial charge < -0.3 is 16.2 Å². The molecule has 0 heterocycles. The minimum absolute atomic E-state index is 0.0354. The van der Waals surface area contributed by atoms with Gasteiger partial charge in [0, 0.05) is 18.7 Å².